The third-order valence-electron chi connectivity index (χ3n) is 5.77. The number of rotatable bonds is 6. The Morgan fingerprint density at radius 3 is 2.30 bits per heavy atom. The lowest BCUT2D eigenvalue weighted by atomic mass is 9.97. The fourth-order valence-corrected chi connectivity index (χ4v) is 3.87. The number of hydrogen-bond acceptors (Lipinski definition) is 4. The van der Waals surface area contributed by atoms with Crippen LogP contribution in [0.4, 0.5) is 4.39 Å². The van der Waals surface area contributed by atoms with Crippen LogP contribution in [0.3, 0.4) is 0 Å². The lowest BCUT2D eigenvalue weighted by molar-refractivity contribution is 0.406. The van der Waals surface area contributed by atoms with E-state index in [0.717, 1.165) is 17.7 Å². The quantitative estimate of drug-likeness (QED) is 0.396. The zero-order valence-corrected chi connectivity index (χ0v) is 19.2. The average Bonchev–Trinajstić information content (AvgIpc) is 2.78. The summed E-state index contributed by atoms with van der Waals surface area (Å²) in [6.45, 7) is 5.98. The molecule has 0 atom stereocenters. The first-order valence-electron chi connectivity index (χ1n) is 10.8. The van der Waals surface area contributed by atoms with Gasteiger partial charge < -0.3 is 9.30 Å². The molecule has 0 aliphatic rings. The van der Waals surface area contributed by atoms with Gasteiger partial charge in [-0.2, -0.15) is 9.97 Å². The number of aromatic nitrogens is 3. The minimum atomic E-state index is -0.469. The van der Waals surface area contributed by atoms with E-state index in [1.54, 1.807) is 38.4 Å². The zero-order chi connectivity index (χ0) is 23.5. The van der Waals surface area contributed by atoms with E-state index in [1.165, 1.54) is 33.4 Å². The predicted octanol–water partition coefficient (Wildman–Crippen LogP) is 5.48. The number of halogens is 1. The Balaban J connectivity index is 1.74. The summed E-state index contributed by atoms with van der Waals surface area (Å²) in [5.74, 6) is -0.362. The highest BCUT2D eigenvalue weighted by Crippen LogP contribution is 2.28. The zero-order valence-electron chi connectivity index (χ0n) is 19.2. The van der Waals surface area contributed by atoms with Crippen molar-refractivity contribution < 1.29 is 9.13 Å². The first-order chi connectivity index (χ1) is 15.8. The topological polar surface area (TPSA) is 57.0 Å². The summed E-state index contributed by atoms with van der Waals surface area (Å²) in [6, 6.07) is 16.2. The van der Waals surface area contributed by atoms with Gasteiger partial charge in [0.15, 0.2) is 11.6 Å². The van der Waals surface area contributed by atoms with Crippen LogP contribution < -0.4 is 10.3 Å². The molecule has 0 aliphatic heterocycles. The molecule has 6 heteroatoms. The average molecular weight is 444 g/mol. The van der Waals surface area contributed by atoms with E-state index in [4.69, 9.17) is 4.74 Å². The van der Waals surface area contributed by atoms with Gasteiger partial charge >= 0.3 is 6.01 Å². The fraction of sp³-hybridized carbons (Fsp3) is 0.222. The molecule has 33 heavy (non-hydrogen) atoms. The molecule has 2 aromatic carbocycles. The molecule has 4 rings (SSSR count). The highest BCUT2D eigenvalue weighted by atomic mass is 19.1. The summed E-state index contributed by atoms with van der Waals surface area (Å²) in [6.07, 6.45) is 3.19. The highest BCUT2D eigenvalue weighted by Gasteiger charge is 2.14. The van der Waals surface area contributed by atoms with Crippen molar-refractivity contribution >= 4 is 0 Å². The van der Waals surface area contributed by atoms with Crippen LogP contribution in [0.2, 0.25) is 0 Å². The lowest BCUT2D eigenvalue weighted by Crippen LogP contribution is -2.14. The van der Waals surface area contributed by atoms with E-state index >= 15 is 0 Å². The van der Waals surface area contributed by atoms with E-state index in [2.05, 4.69) is 42.0 Å². The van der Waals surface area contributed by atoms with Gasteiger partial charge in [-0.1, -0.05) is 30.3 Å². The van der Waals surface area contributed by atoms with Crippen molar-refractivity contribution in [2.24, 2.45) is 7.05 Å². The first-order valence-corrected chi connectivity index (χ1v) is 10.8. The van der Waals surface area contributed by atoms with Gasteiger partial charge in [-0.3, -0.25) is 4.79 Å². The van der Waals surface area contributed by atoms with Gasteiger partial charge in [0.25, 0.3) is 0 Å². The highest BCUT2D eigenvalue weighted by molar-refractivity contribution is 5.58. The SMILES string of the molecule is Cc1cccc(C)c1CCc1cc(-c2ccc(=O)n(C)c2)nc(Oc2c(C)cccc2F)n1. The number of aryl methyl sites for hydroxylation is 5. The third-order valence-corrected chi connectivity index (χ3v) is 5.77. The molecule has 5 nitrogen and oxygen atoms in total. The molecule has 0 spiro atoms. The van der Waals surface area contributed by atoms with E-state index in [0.29, 0.717) is 17.7 Å². The van der Waals surface area contributed by atoms with E-state index < -0.39 is 5.82 Å². The minimum absolute atomic E-state index is 0.0751. The van der Waals surface area contributed by atoms with Gasteiger partial charge in [0.05, 0.1) is 5.69 Å². The number of pyridine rings is 1. The number of benzene rings is 2. The van der Waals surface area contributed by atoms with Crippen LogP contribution in [0.1, 0.15) is 27.9 Å². The summed E-state index contributed by atoms with van der Waals surface area (Å²) >= 11 is 0. The van der Waals surface area contributed by atoms with Crippen LogP contribution in [0.25, 0.3) is 11.3 Å². The molecule has 0 radical (unpaired) electrons. The summed E-state index contributed by atoms with van der Waals surface area (Å²) in [5, 5.41) is 0. The molecule has 0 unspecified atom stereocenters. The van der Waals surface area contributed by atoms with E-state index in [9.17, 15) is 9.18 Å². The summed E-state index contributed by atoms with van der Waals surface area (Å²) in [4.78, 5) is 20.9. The van der Waals surface area contributed by atoms with Crippen LogP contribution in [0.15, 0.2) is 65.6 Å². The normalized spacial score (nSPS) is 10.9. The molecule has 0 N–H and O–H groups in total. The number of hydrogen-bond donors (Lipinski definition) is 0. The maximum absolute atomic E-state index is 14.4. The first kappa shape index (κ1) is 22.4. The number of para-hydroxylation sites is 1. The van der Waals surface area contributed by atoms with Crippen molar-refractivity contribution in [2.45, 2.75) is 33.6 Å². The number of ether oxygens (including phenoxy) is 1. The Bertz CT molecular complexity index is 1340. The van der Waals surface area contributed by atoms with Gasteiger partial charge in [0.1, 0.15) is 0 Å². The van der Waals surface area contributed by atoms with Crippen molar-refractivity contribution in [3.05, 3.63) is 105 Å². The Morgan fingerprint density at radius 1 is 0.909 bits per heavy atom. The summed E-state index contributed by atoms with van der Waals surface area (Å²) in [5.41, 5.74) is 6.45. The lowest BCUT2D eigenvalue weighted by Gasteiger charge is -2.13. The van der Waals surface area contributed by atoms with Crippen LogP contribution >= 0.6 is 0 Å². The fourth-order valence-electron chi connectivity index (χ4n) is 3.87. The van der Waals surface area contributed by atoms with Gasteiger partial charge in [-0.25, -0.2) is 4.39 Å². The van der Waals surface area contributed by atoms with Crippen LogP contribution in [0, 0.1) is 26.6 Å². The molecule has 4 aromatic rings. The van der Waals surface area contributed by atoms with Crippen molar-refractivity contribution in [1.29, 1.82) is 0 Å². The molecular weight excluding hydrogens is 417 g/mol. The third kappa shape index (κ3) is 5.00. The van der Waals surface area contributed by atoms with Crippen LogP contribution in [0.5, 0.6) is 11.8 Å². The Morgan fingerprint density at radius 2 is 1.61 bits per heavy atom. The molecule has 0 aliphatic carbocycles. The number of nitrogens with zero attached hydrogens (tertiary/aromatic N) is 3. The molecule has 0 bridgehead atoms. The standard InChI is InChI=1S/C27H26FN3O2/c1-17-7-5-8-18(2)22(17)13-12-21-15-24(20-11-14-25(32)31(4)16-20)30-27(29-21)33-26-19(3)9-6-10-23(26)28/h5-11,14-16H,12-13H2,1-4H3. The molecule has 0 amide bonds. The maximum Gasteiger partial charge on any atom is 0.322 e. The predicted molar refractivity (Wildman–Crippen MR) is 127 cm³/mol. The van der Waals surface area contributed by atoms with Crippen molar-refractivity contribution in [3.63, 3.8) is 0 Å². The van der Waals surface area contributed by atoms with Crippen LogP contribution in [-0.4, -0.2) is 14.5 Å². The van der Waals surface area contributed by atoms with E-state index in [-0.39, 0.29) is 17.3 Å². The van der Waals surface area contributed by atoms with Crippen molar-refractivity contribution in [3.8, 4) is 23.0 Å². The minimum Gasteiger partial charge on any atom is -0.421 e. The van der Waals surface area contributed by atoms with Crippen molar-refractivity contribution in [1.82, 2.24) is 14.5 Å². The largest absolute Gasteiger partial charge is 0.421 e. The monoisotopic (exact) mass is 443 g/mol. The van der Waals surface area contributed by atoms with Gasteiger partial charge in [-0.15, -0.1) is 0 Å². The molecule has 168 valence electrons. The van der Waals surface area contributed by atoms with Crippen molar-refractivity contribution in [2.75, 3.05) is 0 Å². The molecule has 0 fully saturated rings. The summed E-state index contributed by atoms with van der Waals surface area (Å²) in [7, 11) is 1.69. The Hall–Kier alpha value is -3.80. The molecular formula is C27H26FN3O2. The van der Waals surface area contributed by atoms with Crippen LogP contribution in [-0.2, 0) is 19.9 Å². The molecule has 2 heterocycles. The Kier molecular flexibility index (Phi) is 6.36. The summed E-state index contributed by atoms with van der Waals surface area (Å²) < 4.78 is 21.7. The maximum atomic E-state index is 14.4. The van der Waals surface area contributed by atoms with Gasteiger partial charge in [0.2, 0.25) is 5.56 Å². The van der Waals surface area contributed by atoms with Gasteiger partial charge in [-0.05, 0) is 74.1 Å². The second-order valence-corrected chi connectivity index (χ2v) is 8.25. The molecule has 0 saturated heterocycles. The molecule has 2 aromatic heterocycles. The van der Waals surface area contributed by atoms with Gasteiger partial charge in [0, 0.05) is 30.6 Å². The van der Waals surface area contributed by atoms with E-state index in [1.807, 2.05) is 6.07 Å². The smallest absolute Gasteiger partial charge is 0.322 e. The second-order valence-electron chi connectivity index (χ2n) is 8.25. The Labute approximate surface area is 192 Å². The second kappa shape index (κ2) is 9.36. The molecule has 0 saturated carbocycles.